The van der Waals surface area contributed by atoms with Crippen LogP contribution in [-0.4, -0.2) is 73.1 Å². The highest BCUT2D eigenvalue weighted by atomic mass is 15.3. The molecule has 0 amide bonds. The van der Waals surface area contributed by atoms with Crippen molar-refractivity contribution < 1.29 is 0 Å². The zero-order chi connectivity index (χ0) is 18.9. The van der Waals surface area contributed by atoms with Gasteiger partial charge in [0.1, 0.15) is 18.0 Å². The summed E-state index contributed by atoms with van der Waals surface area (Å²) in [7, 11) is 0. The standard InChI is InChI=1S/C21H34N6/c22-17-19(18-23)21(24-9-6-12-25-10-2-1-3-11-25)27-15-7-20(8-16-27)26-13-4-5-14-26/h20,24H,1-16H2. The molecule has 3 saturated heterocycles. The van der Waals surface area contributed by atoms with Gasteiger partial charge in [-0.1, -0.05) is 6.42 Å². The van der Waals surface area contributed by atoms with E-state index in [1.54, 1.807) is 0 Å². The summed E-state index contributed by atoms with van der Waals surface area (Å²) in [4.78, 5) is 7.39. The van der Waals surface area contributed by atoms with Crippen LogP contribution in [0.4, 0.5) is 0 Å². The molecule has 0 spiro atoms. The second-order valence-corrected chi connectivity index (χ2v) is 8.09. The van der Waals surface area contributed by atoms with Crippen LogP contribution in [0.3, 0.4) is 0 Å². The Bertz CT molecular complexity index is 550. The van der Waals surface area contributed by atoms with Crippen molar-refractivity contribution in [1.82, 2.24) is 20.0 Å². The van der Waals surface area contributed by atoms with Crippen molar-refractivity contribution in [3.8, 4) is 12.1 Å². The number of nitrogens with zero attached hydrogens (tertiary/aromatic N) is 5. The zero-order valence-corrected chi connectivity index (χ0v) is 16.6. The Labute approximate surface area is 164 Å². The van der Waals surface area contributed by atoms with E-state index < -0.39 is 0 Å². The third-order valence-electron chi connectivity index (χ3n) is 6.29. The van der Waals surface area contributed by atoms with Gasteiger partial charge in [-0.25, -0.2) is 0 Å². The second-order valence-electron chi connectivity index (χ2n) is 8.09. The third kappa shape index (κ3) is 5.61. The highest BCUT2D eigenvalue weighted by Crippen LogP contribution is 2.23. The number of likely N-dealkylation sites (tertiary alicyclic amines) is 3. The molecular weight excluding hydrogens is 336 g/mol. The summed E-state index contributed by atoms with van der Waals surface area (Å²) in [5.41, 5.74) is 0.229. The molecule has 148 valence electrons. The lowest BCUT2D eigenvalue weighted by molar-refractivity contribution is 0.142. The van der Waals surface area contributed by atoms with E-state index >= 15 is 0 Å². The van der Waals surface area contributed by atoms with Crippen molar-refractivity contribution >= 4 is 0 Å². The van der Waals surface area contributed by atoms with Gasteiger partial charge in [0, 0.05) is 25.7 Å². The van der Waals surface area contributed by atoms with E-state index in [1.807, 2.05) is 0 Å². The topological polar surface area (TPSA) is 69.3 Å². The summed E-state index contributed by atoms with van der Waals surface area (Å²) in [6.45, 7) is 8.71. The number of piperidine rings is 2. The van der Waals surface area contributed by atoms with Crippen LogP contribution >= 0.6 is 0 Å². The molecule has 0 aromatic rings. The van der Waals surface area contributed by atoms with E-state index in [0.717, 1.165) is 51.3 Å². The average Bonchev–Trinajstić information content (AvgIpc) is 3.26. The van der Waals surface area contributed by atoms with E-state index in [-0.39, 0.29) is 5.57 Å². The van der Waals surface area contributed by atoms with Crippen LogP contribution in [0.1, 0.15) is 51.4 Å². The fraction of sp³-hybridized carbons (Fsp3) is 0.810. The van der Waals surface area contributed by atoms with Crippen molar-refractivity contribution in [3.05, 3.63) is 11.4 Å². The molecule has 0 aromatic heterocycles. The molecule has 0 saturated carbocycles. The molecule has 0 aliphatic carbocycles. The number of hydrogen-bond donors (Lipinski definition) is 1. The Hall–Kier alpha value is -1.76. The van der Waals surface area contributed by atoms with Gasteiger partial charge in [0.05, 0.1) is 0 Å². The summed E-state index contributed by atoms with van der Waals surface area (Å²) in [6, 6.07) is 4.88. The molecule has 3 aliphatic rings. The molecule has 27 heavy (non-hydrogen) atoms. The average molecular weight is 371 g/mol. The highest BCUT2D eigenvalue weighted by Gasteiger charge is 2.28. The minimum atomic E-state index is 0.229. The molecule has 3 fully saturated rings. The number of allylic oxidation sites excluding steroid dienone is 1. The van der Waals surface area contributed by atoms with E-state index in [1.165, 1.54) is 58.3 Å². The summed E-state index contributed by atoms with van der Waals surface area (Å²) >= 11 is 0. The summed E-state index contributed by atoms with van der Waals surface area (Å²) in [5.74, 6) is 0.763. The maximum Gasteiger partial charge on any atom is 0.169 e. The lowest BCUT2D eigenvalue weighted by atomic mass is 10.0. The fourth-order valence-corrected chi connectivity index (χ4v) is 4.74. The predicted octanol–water partition coefficient (Wildman–Crippen LogP) is 2.27. The highest BCUT2D eigenvalue weighted by molar-refractivity contribution is 5.39. The summed E-state index contributed by atoms with van der Waals surface area (Å²) in [5, 5.41) is 22.2. The molecule has 0 aromatic carbocycles. The van der Waals surface area contributed by atoms with Gasteiger partial charge >= 0.3 is 0 Å². The molecule has 3 rings (SSSR count). The number of nitrogens with one attached hydrogen (secondary N) is 1. The van der Waals surface area contributed by atoms with Crippen LogP contribution in [0.2, 0.25) is 0 Å². The number of nitriles is 2. The molecular formula is C21H34N6. The first kappa shape index (κ1) is 20.0. The van der Waals surface area contributed by atoms with Crippen LogP contribution in [0.5, 0.6) is 0 Å². The first-order valence-electron chi connectivity index (χ1n) is 10.8. The summed E-state index contributed by atoms with van der Waals surface area (Å²) in [6.07, 6.45) is 9.97. The first-order chi connectivity index (χ1) is 13.3. The monoisotopic (exact) mass is 370 g/mol. The predicted molar refractivity (Wildman–Crippen MR) is 107 cm³/mol. The van der Waals surface area contributed by atoms with Gasteiger partial charge < -0.3 is 20.0 Å². The van der Waals surface area contributed by atoms with Gasteiger partial charge in [0.15, 0.2) is 5.57 Å². The molecule has 3 aliphatic heterocycles. The van der Waals surface area contributed by atoms with Gasteiger partial charge in [-0.2, -0.15) is 10.5 Å². The molecule has 3 heterocycles. The minimum absolute atomic E-state index is 0.229. The van der Waals surface area contributed by atoms with Crippen molar-refractivity contribution in [3.63, 3.8) is 0 Å². The number of hydrogen-bond acceptors (Lipinski definition) is 6. The Morgan fingerprint density at radius 2 is 1.48 bits per heavy atom. The van der Waals surface area contributed by atoms with Crippen LogP contribution in [-0.2, 0) is 0 Å². The van der Waals surface area contributed by atoms with Crippen molar-refractivity contribution in [2.75, 3.05) is 52.4 Å². The Morgan fingerprint density at radius 3 is 2.11 bits per heavy atom. The largest absolute Gasteiger partial charge is 0.370 e. The van der Waals surface area contributed by atoms with Crippen LogP contribution in [0, 0.1) is 22.7 Å². The molecule has 0 radical (unpaired) electrons. The maximum absolute atomic E-state index is 9.40. The summed E-state index contributed by atoms with van der Waals surface area (Å²) < 4.78 is 0. The number of rotatable bonds is 7. The van der Waals surface area contributed by atoms with E-state index in [4.69, 9.17) is 0 Å². The van der Waals surface area contributed by atoms with E-state index in [0.29, 0.717) is 6.04 Å². The molecule has 6 nitrogen and oxygen atoms in total. The minimum Gasteiger partial charge on any atom is -0.370 e. The van der Waals surface area contributed by atoms with E-state index in [9.17, 15) is 10.5 Å². The lowest BCUT2D eigenvalue weighted by Crippen LogP contribution is -2.46. The fourth-order valence-electron chi connectivity index (χ4n) is 4.74. The van der Waals surface area contributed by atoms with Crippen molar-refractivity contribution in [2.24, 2.45) is 0 Å². The molecule has 0 unspecified atom stereocenters. The van der Waals surface area contributed by atoms with Crippen LogP contribution in [0.15, 0.2) is 11.4 Å². The molecule has 6 heteroatoms. The molecule has 0 atom stereocenters. The Kier molecular flexibility index (Phi) is 7.80. The normalized spacial score (nSPS) is 22.2. The van der Waals surface area contributed by atoms with Gasteiger partial charge in [-0.3, -0.25) is 0 Å². The quantitative estimate of drug-likeness (QED) is 0.548. The van der Waals surface area contributed by atoms with E-state index in [2.05, 4.69) is 32.2 Å². The van der Waals surface area contributed by atoms with Crippen LogP contribution in [0.25, 0.3) is 0 Å². The Balaban J connectivity index is 1.49. The molecule has 0 bridgehead atoms. The van der Waals surface area contributed by atoms with Crippen LogP contribution < -0.4 is 5.32 Å². The molecule has 1 N–H and O–H groups in total. The lowest BCUT2D eigenvalue weighted by Gasteiger charge is -2.39. The second kappa shape index (κ2) is 10.5. The maximum atomic E-state index is 9.40. The van der Waals surface area contributed by atoms with Gasteiger partial charge in [0.2, 0.25) is 0 Å². The SMILES string of the molecule is N#CC(C#N)=C(NCCCN1CCCCC1)N1CCC(N2CCCC2)CC1. The van der Waals surface area contributed by atoms with Gasteiger partial charge in [-0.05, 0) is 77.7 Å². The van der Waals surface area contributed by atoms with Gasteiger partial charge in [0.25, 0.3) is 0 Å². The Morgan fingerprint density at radius 1 is 0.852 bits per heavy atom. The van der Waals surface area contributed by atoms with Gasteiger partial charge in [-0.15, -0.1) is 0 Å². The van der Waals surface area contributed by atoms with Crippen molar-refractivity contribution in [2.45, 2.75) is 57.4 Å². The third-order valence-corrected chi connectivity index (χ3v) is 6.29. The smallest absolute Gasteiger partial charge is 0.169 e. The first-order valence-corrected chi connectivity index (χ1v) is 10.8. The zero-order valence-electron chi connectivity index (χ0n) is 16.6. The van der Waals surface area contributed by atoms with Crippen molar-refractivity contribution in [1.29, 1.82) is 10.5 Å².